The van der Waals surface area contributed by atoms with Crippen molar-refractivity contribution in [3.05, 3.63) is 53.6 Å². The molecule has 0 saturated carbocycles. The summed E-state index contributed by atoms with van der Waals surface area (Å²) in [6.45, 7) is 1.41. The van der Waals surface area contributed by atoms with Crippen molar-refractivity contribution in [2.45, 2.75) is 24.4 Å². The van der Waals surface area contributed by atoms with E-state index in [1.807, 2.05) is 0 Å². The highest BCUT2D eigenvalue weighted by Gasteiger charge is 2.36. The van der Waals surface area contributed by atoms with Crippen LogP contribution in [0, 0.1) is 6.92 Å². The summed E-state index contributed by atoms with van der Waals surface area (Å²) in [5.74, 6) is -0.927. The lowest BCUT2D eigenvalue weighted by molar-refractivity contribution is -0.137. The maximum atomic E-state index is 12.6. The van der Waals surface area contributed by atoms with Gasteiger partial charge in [0.15, 0.2) is 0 Å². The number of benzene rings is 2. The first-order valence-electron chi connectivity index (χ1n) is 8.18. The Labute approximate surface area is 165 Å². The number of hydrogen-bond donors (Lipinski definition) is 1. The van der Waals surface area contributed by atoms with Crippen molar-refractivity contribution in [1.82, 2.24) is 0 Å². The summed E-state index contributed by atoms with van der Waals surface area (Å²) < 4.78 is 89.8. The molecule has 0 radical (unpaired) electrons. The van der Waals surface area contributed by atoms with Crippen molar-refractivity contribution in [1.29, 1.82) is 0 Å². The van der Waals surface area contributed by atoms with Gasteiger partial charge in [-0.05, 0) is 55.0 Å². The van der Waals surface area contributed by atoms with Gasteiger partial charge in [0.25, 0.3) is 10.0 Å². The van der Waals surface area contributed by atoms with Gasteiger partial charge in [-0.3, -0.25) is 9.52 Å². The van der Waals surface area contributed by atoms with E-state index in [2.05, 4.69) is 4.72 Å². The Kier molecular flexibility index (Phi) is 5.11. The van der Waals surface area contributed by atoms with E-state index in [1.165, 1.54) is 19.1 Å². The third kappa shape index (κ3) is 4.22. The summed E-state index contributed by atoms with van der Waals surface area (Å²) in [6.07, 6.45) is -4.70. The van der Waals surface area contributed by atoms with E-state index in [9.17, 15) is 34.8 Å². The second-order valence-corrected chi connectivity index (χ2v) is 9.94. The molecule has 0 atom stereocenters. The van der Waals surface area contributed by atoms with Gasteiger partial charge in [-0.2, -0.15) is 13.2 Å². The Hall–Kier alpha value is -2.60. The normalized spacial score (nSPS) is 16.8. The van der Waals surface area contributed by atoms with E-state index in [0.29, 0.717) is 4.31 Å². The third-order valence-electron chi connectivity index (χ3n) is 4.23. The number of alkyl halides is 3. The molecule has 1 saturated heterocycles. The van der Waals surface area contributed by atoms with E-state index >= 15 is 0 Å². The number of nitrogens with zero attached hydrogens (tertiary/aromatic N) is 1. The first-order valence-corrected chi connectivity index (χ1v) is 11.3. The lowest BCUT2D eigenvalue weighted by Crippen LogP contribution is -2.29. The van der Waals surface area contributed by atoms with Crippen molar-refractivity contribution in [2.75, 3.05) is 14.8 Å². The van der Waals surface area contributed by atoms with Gasteiger partial charge in [0.1, 0.15) is 0 Å². The predicted octanol–water partition coefficient (Wildman–Crippen LogP) is 2.88. The number of sulfonamides is 2. The van der Waals surface area contributed by atoms with Gasteiger partial charge in [0.05, 0.1) is 21.9 Å². The number of carbonyl (C=O) groups is 1. The van der Waals surface area contributed by atoms with Gasteiger partial charge in [-0.25, -0.2) is 21.1 Å². The summed E-state index contributed by atoms with van der Waals surface area (Å²) in [4.78, 5) is 11.7. The van der Waals surface area contributed by atoms with E-state index in [1.54, 1.807) is 0 Å². The van der Waals surface area contributed by atoms with Crippen LogP contribution in [0.25, 0.3) is 0 Å². The predicted molar refractivity (Wildman–Crippen MR) is 99.3 cm³/mol. The molecule has 2 aromatic rings. The number of anilines is 2. The fourth-order valence-electron chi connectivity index (χ4n) is 2.87. The number of rotatable bonds is 4. The number of amides is 1. The molecular formula is C17H15F3N2O5S2. The molecule has 1 aliphatic heterocycles. The average Bonchev–Trinajstić information content (AvgIpc) is 2.86. The molecule has 0 unspecified atom stereocenters. The number of carbonyl (C=O) groups excluding carboxylic acids is 1. The highest BCUT2D eigenvalue weighted by molar-refractivity contribution is 7.94. The summed E-state index contributed by atoms with van der Waals surface area (Å²) >= 11 is 0. The molecule has 3 rings (SSSR count). The lowest BCUT2D eigenvalue weighted by atomic mass is 10.2. The third-order valence-corrected chi connectivity index (χ3v) is 7.46. The van der Waals surface area contributed by atoms with Crippen molar-refractivity contribution >= 4 is 37.3 Å². The zero-order valence-corrected chi connectivity index (χ0v) is 16.5. The van der Waals surface area contributed by atoms with Crippen LogP contribution >= 0.6 is 0 Å². The molecule has 1 heterocycles. The number of nitrogens with one attached hydrogen (secondary N) is 1. The fourth-order valence-corrected chi connectivity index (χ4v) is 5.61. The van der Waals surface area contributed by atoms with Crippen LogP contribution in [0.1, 0.15) is 17.5 Å². The van der Waals surface area contributed by atoms with Crippen LogP contribution < -0.4 is 9.03 Å². The molecule has 1 N–H and O–H groups in total. The Bertz CT molecular complexity index is 1170. The monoisotopic (exact) mass is 448 g/mol. The number of halogens is 3. The minimum atomic E-state index is -4.54. The summed E-state index contributed by atoms with van der Waals surface area (Å²) in [5.41, 5.74) is -0.800. The molecule has 1 fully saturated rings. The van der Waals surface area contributed by atoms with Crippen molar-refractivity contribution < 1.29 is 34.8 Å². The molecule has 12 heteroatoms. The van der Waals surface area contributed by atoms with Gasteiger partial charge in [-0.1, -0.05) is 0 Å². The fraction of sp³-hybridized carbons (Fsp3) is 0.235. The zero-order chi connectivity index (χ0) is 21.6. The quantitative estimate of drug-likeness (QED) is 0.775. The molecule has 7 nitrogen and oxygen atoms in total. The molecule has 1 amide bonds. The first kappa shape index (κ1) is 21.1. The Morgan fingerprint density at radius 2 is 1.69 bits per heavy atom. The second kappa shape index (κ2) is 7.02. The SMILES string of the molecule is Cc1cc(N2C(=O)CCS2(=O)=O)ccc1S(=O)(=O)Nc1ccc(C(F)(F)F)cc1. The van der Waals surface area contributed by atoms with Gasteiger partial charge in [-0.15, -0.1) is 0 Å². The first-order chi connectivity index (χ1) is 13.3. The largest absolute Gasteiger partial charge is 0.416 e. The summed E-state index contributed by atoms with van der Waals surface area (Å²) in [6, 6.07) is 7.05. The van der Waals surface area contributed by atoms with Crippen LogP contribution in [0.15, 0.2) is 47.4 Å². The molecule has 2 aromatic carbocycles. The Morgan fingerprint density at radius 1 is 1.07 bits per heavy atom. The topological polar surface area (TPSA) is 101 Å². The van der Waals surface area contributed by atoms with Gasteiger partial charge in [0, 0.05) is 12.1 Å². The highest BCUT2D eigenvalue weighted by atomic mass is 32.2. The van der Waals surface area contributed by atoms with Crippen LogP contribution in [0.5, 0.6) is 0 Å². The maximum absolute atomic E-state index is 12.6. The maximum Gasteiger partial charge on any atom is 0.416 e. The van der Waals surface area contributed by atoms with Gasteiger partial charge in [0.2, 0.25) is 15.9 Å². The van der Waals surface area contributed by atoms with Crippen molar-refractivity contribution in [3.63, 3.8) is 0 Å². The van der Waals surface area contributed by atoms with Crippen molar-refractivity contribution in [3.8, 4) is 0 Å². The molecule has 156 valence electrons. The van der Waals surface area contributed by atoms with E-state index < -0.39 is 37.7 Å². The van der Waals surface area contributed by atoms with E-state index in [-0.39, 0.29) is 34.0 Å². The van der Waals surface area contributed by atoms with E-state index in [4.69, 9.17) is 0 Å². The summed E-state index contributed by atoms with van der Waals surface area (Å²) in [7, 11) is -7.95. The van der Waals surface area contributed by atoms with Gasteiger partial charge < -0.3 is 0 Å². The Balaban J connectivity index is 1.89. The lowest BCUT2D eigenvalue weighted by Gasteiger charge is -2.17. The zero-order valence-electron chi connectivity index (χ0n) is 14.9. The highest BCUT2D eigenvalue weighted by Crippen LogP contribution is 2.31. The second-order valence-electron chi connectivity index (χ2n) is 6.35. The molecule has 0 aromatic heterocycles. The molecule has 0 aliphatic carbocycles. The van der Waals surface area contributed by atoms with Crippen LogP contribution in [0.4, 0.5) is 24.5 Å². The minimum absolute atomic E-state index is 0.0264. The molecule has 0 bridgehead atoms. The van der Waals surface area contributed by atoms with E-state index in [0.717, 1.165) is 30.3 Å². The van der Waals surface area contributed by atoms with Crippen LogP contribution in [-0.2, 0) is 31.0 Å². The van der Waals surface area contributed by atoms with Crippen LogP contribution in [-0.4, -0.2) is 28.5 Å². The minimum Gasteiger partial charge on any atom is -0.280 e. The van der Waals surface area contributed by atoms with Gasteiger partial charge >= 0.3 is 6.18 Å². The number of aryl methyl sites for hydroxylation is 1. The van der Waals surface area contributed by atoms with Crippen LogP contribution in [0.2, 0.25) is 0 Å². The Morgan fingerprint density at radius 3 is 2.17 bits per heavy atom. The summed E-state index contributed by atoms with van der Waals surface area (Å²) in [5, 5.41) is 0. The molecular weight excluding hydrogens is 433 g/mol. The molecule has 29 heavy (non-hydrogen) atoms. The molecule has 1 aliphatic rings. The standard InChI is InChI=1S/C17H15F3N2O5S2/c1-11-10-14(22-16(23)8-9-28(22,24)25)6-7-15(11)29(26,27)21-13-4-2-12(3-5-13)17(18,19)20/h2-7,10,21H,8-9H2,1H3. The molecule has 0 spiro atoms. The van der Waals surface area contributed by atoms with Crippen molar-refractivity contribution in [2.24, 2.45) is 0 Å². The smallest absolute Gasteiger partial charge is 0.280 e. The number of hydrogen-bond acceptors (Lipinski definition) is 5. The average molecular weight is 448 g/mol. The van der Waals surface area contributed by atoms with Crippen LogP contribution in [0.3, 0.4) is 0 Å².